The lowest BCUT2D eigenvalue weighted by Crippen LogP contribution is -2.36. The number of aromatic nitrogens is 3. The average molecular weight is 363 g/mol. The molecule has 3 rings (SSSR count). The molecule has 3 aromatic rings. The molecule has 7 heteroatoms. The van der Waals surface area contributed by atoms with E-state index in [1.165, 1.54) is 18.1 Å². The Bertz CT molecular complexity index is 933. The average Bonchev–Trinajstić information content (AvgIpc) is 3.15. The Kier molecular flexibility index (Phi) is 5.66. The molecule has 0 saturated carbocycles. The van der Waals surface area contributed by atoms with E-state index in [0.29, 0.717) is 17.7 Å². The topological polar surface area (TPSA) is 83.6 Å². The van der Waals surface area contributed by atoms with Crippen LogP contribution in [0.3, 0.4) is 0 Å². The van der Waals surface area contributed by atoms with Gasteiger partial charge in [0.25, 0.3) is 5.91 Å². The van der Waals surface area contributed by atoms with Crippen molar-refractivity contribution in [3.8, 4) is 6.07 Å². The Labute approximate surface area is 155 Å². The van der Waals surface area contributed by atoms with Gasteiger partial charge in [0.2, 0.25) is 0 Å². The summed E-state index contributed by atoms with van der Waals surface area (Å²) in [7, 11) is 0. The molecule has 0 spiro atoms. The molecular weight excluding hydrogens is 346 g/mol. The van der Waals surface area contributed by atoms with Gasteiger partial charge in [-0.05, 0) is 31.2 Å². The number of hydrogen-bond donors (Lipinski definition) is 1. The summed E-state index contributed by atoms with van der Waals surface area (Å²) in [6, 6.07) is 16.8. The van der Waals surface area contributed by atoms with Gasteiger partial charge in [0.15, 0.2) is 0 Å². The van der Waals surface area contributed by atoms with Gasteiger partial charge in [-0.1, -0.05) is 36.0 Å². The van der Waals surface area contributed by atoms with E-state index in [-0.39, 0.29) is 11.9 Å². The van der Waals surface area contributed by atoms with Crippen molar-refractivity contribution in [1.29, 1.82) is 5.26 Å². The van der Waals surface area contributed by atoms with E-state index >= 15 is 0 Å². The molecule has 1 heterocycles. The first-order chi connectivity index (χ1) is 12.7. The fraction of sp³-hybridized carbons (Fsp3) is 0.158. The number of hydrogen-bond acceptors (Lipinski definition) is 5. The Morgan fingerprint density at radius 2 is 1.96 bits per heavy atom. The second-order valence-corrected chi connectivity index (χ2v) is 6.78. The molecule has 0 aliphatic rings. The number of nitrogens with zero attached hydrogens (tertiary/aromatic N) is 4. The van der Waals surface area contributed by atoms with Gasteiger partial charge in [-0.15, -0.1) is 0 Å². The van der Waals surface area contributed by atoms with Crippen molar-refractivity contribution in [1.82, 2.24) is 20.1 Å². The Morgan fingerprint density at radius 3 is 2.69 bits per heavy atom. The molecule has 0 fully saturated rings. The van der Waals surface area contributed by atoms with E-state index in [0.717, 1.165) is 9.79 Å². The zero-order valence-corrected chi connectivity index (χ0v) is 15.0. The van der Waals surface area contributed by atoms with E-state index < -0.39 is 0 Å². The highest BCUT2D eigenvalue weighted by molar-refractivity contribution is 7.99. The lowest BCUT2D eigenvalue weighted by atomic mass is 10.2. The molecule has 2 aromatic carbocycles. The van der Waals surface area contributed by atoms with Gasteiger partial charge in [0.05, 0.1) is 17.7 Å². The number of rotatable bonds is 6. The maximum absolute atomic E-state index is 12.7. The molecule has 130 valence electrons. The van der Waals surface area contributed by atoms with Crippen molar-refractivity contribution < 1.29 is 4.79 Å². The van der Waals surface area contributed by atoms with E-state index in [1.807, 2.05) is 43.3 Å². The van der Waals surface area contributed by atoms with Crippen LogP contribution in [0.2, 0.25) is 0 Å². The molecular formula is C19H17N5OS. The summed E-state index contributed by atoms with van der Waals surface area (Å²) in [6.07, 6.45) is 3.08. The minimum Gasteiger partial charge on any atom is -0.348 e. The fourth-order valence-electron chi connectivity index (χ4n) is 2.46. The van der Waals surface area contributed by atoms with Gasteiger partial charge in [-0.25, -0.2) is 4.98 Å². The summed E-state index contributed by atoms with van der Waals surface area (Å²) < 4.78 is 1.68. The molecule has 26 heavy (non-hydrogen) atoms. The zero-order valence-electron chi connectivity index (χ0n) is 14.2. The Balaban J connectivity index is 1.76. The normalized spacial score (nSPS) is 11.5. The number of benzene rings is 2. The van der Waals surface area contributed by atoms with E-state index in [9.17, 15) is 10.1 Å². The predicted octanol–water partition coefficient (Wildman–Crippen LogP) is 3.12. The number of carbonyl (C=O) groups is 1. The second kappa shape index (κ2) is 8.32. The molecule has 0 bridgehead atoms. The summed E-state index contributed by atoms with van der Waals surface area (Å²) in [5, 5.41) is 16.3. The van der Waals surface area contributed by atoms with Crippen molar-refractivity contribution in [3.63, 3.8) is 0 Å². The zero-order chi connectivity index (χ0) is 18.4. The van der Waals surface area contributed by atoms with Crippen molar-refractivity contribution >= 4 is 17.7 Å². The summed E-state index contributed by atoms with van der Waals surface area (Å²) in [5.74, 6) is -0.157. The Hall–Kier alpha value is -3.11. The maximum Gasteiger partial charge on any atom is 0.252 e. The van der Waals surface area contributed by atoms with Crippen molar-refractivity contribution in [3.05, 3.63) is 72.3 Å². The molecule has 1 atom stereocenters. The van der Waals surface area contributed by atoms with Gasteiger partial charge in [-0.2, -0.15) is 10.4 Å². The molecule has 0 aliphatic heterocycles. The maximum atomic E-state index is 12.7. The van der Waals surface area contributed by atoms with Gasteiger partial charge in [0, 0.05) is 15.8 Å². The van der Waals surface area contributed by atoms with Crippen LogP contribution in [0.4, 0.5) is 0 Å². The van der Waals surface area contributed by atoms with Crippen LogP contribution in [0.5, 0.6) is 0 Å². The van der Waals surface area contributed by atoms with Crippen LogP contribution >= 0.6 is 11.8 Å². The van der Waals surface area contributed by atoms with Crippen LogP contribution in [0.25, 0.3) is 0 Å². The van der Waals surface area contributed by atoms with Crippen LogP contribution in [-0.2, 0) is 6.54 Å². The molecule has 1 N–H and O–H groups in total. The van der Waals surface area contributed by atoms with Gasteiger partial charge < -0.3 is 5.32 Å². The summed E-state index contributed by atoms with van der Waals surface area (Å²) in [4.78, 5) is 18.2. The van der Waals surface area contributed by atoms with E-state index in [4.69, 9.17) is 0 Å². The monoisotopic (exact) mass is 363 g/mol. The van der Waals surface area contributed by atoms with Gasteiger partial charge >= 0.3 is 0 Å². The lowest BCUT2D eigenvalue weighted by molar-refractivity contribution is 0.0933. The van der Waals surface area contributed by atoms with E-state index in [2.05, 4.69) is 21.5 Å². The molecule has 1 aromatic heterocycles. The molecule has 0 saturated heterocycles. The third-order valence-electron chi connectivity index (χ3n) is 3.66. The highest BCUT2D eigenvalue weighted by atomic mass is 32.2. The van der Waals surface area contributed by atoms with Crippen LogP contribution in [0.15, 0.2) is 71.0 Å². The highest BCUT2D eigenvalue weighted by Gasteiger charge is 2.15. The van der Waals surface area contributed by atoms with Crippen molar-refractivity contribution in [2.75, 3.05) is 0 Å². The molecule has 0 radical (unpaired) electrons. The smallest absolute Gasteiger partial charge is 0.252 e. The van der Waals surface area contributed by atoms with Gasteiger partial charge in [0.1, 0.15) is 18.7 Å². The quantitative estimate of drug-likeness (QED) is 0.727. The first kappa shape index (κ1) is 17.7. The number of amides is 1. The largest absolute Gasteiger partial charge is 0.348 e. The molecule has 0 aliphatic carbocycles. The first-order valence-corrected chi connectivity index (χ1v) is 8.88. The third kappa shape index (κ3) is 4.29. The number of carbonyl (C=O) groups excluding carboxylic acids is 1. The number of nitriles is 1. The minimum absolute atomic E-state index is 0.103. The van der Waals surface area contributed by atoms with Crippen LogP contribution < -0.4 is 5.32 Å². The first-order valence-electron chi connectivity index (χ1n) is 8.06. The number of nitrogens with one attached hydrogen (secondary N) is 1. The van der Waals surface area contributed by atoms with Crippen molar-refractivity contribution in [2.24, 2.45) is 0 Å². The molecule has 1 unspecified atom stereocenters. The van der Waals surface area contributed by atoms with Gasteiger partial charge in [-0.3, -0.25) is 9.48 Å². The van der Waals surface area contributed by atoms with Crippen molar-refractivity contribution in [2.45, 2.75) is 29.3 Å². The molecule has 6 nitrogen and oxygen atoms in total. The third-order valence-corrected chi connectivity index (χ3v) is 4.82. The highest BCUT2D eigenvalue weighted by Crippen LogP contribution is 2.32. The minimum atomic E-state index is -0.157. The summed E-state index contributed by atoms with van der Waals surface area (Å²) in [6.45, 7) is 2.46. The SMILES string of the molecule is CC(Cn1cncn1)NC(=O)c1ccccc1Sc1ccccc1C#N. The second-order valence-electron chi connectivity index (χ2n) is 5.70. The summed E-state index contributed by atoms with van der Waals surface area (Å²) >= 11 is 1.42. The Morgan fingerprint density at radius 1 is 1.23 bits per heavy atom. The van der Waals surface area contributed by atoms with Crippen LogP contribution in [0.1, 0.15) is 22.8 Å². The van der Waals surface area contributed by atoms with Crippen LogP contribution in [0, 0.1) is 11.3 Å². The van der Waals surface area contributed by atoms with Crippen LogP contribution in [-0.4, -0.2) is 26.7 Å². The lowest BCUT2D eigenvalue weighted by Gasteiger charge is -2.15. The standard InChI is InChI=1S/C19H17N5OS/c1-14(11-24-13-21-12-22-24)23-19(25)16-7-3-5-9-18(16)26-17-8-4-2-6-15(17)10-20/h2-9,12-14H,11H2,1H3,(H,23,25). The summed E-state index contributed by atoms with van der Waals surface area (Å²) in [5.41, 5.74) is 1.17. The predicted molar refractivity (Wildman–Crippen MR) is 98.7 cm³/mol. The van der Waals surface area contributed by atoms with E-state index in [1.54, 1.807) is 23.1 Å². The molecule has 1 amide bonds. The fourth-order valence-corrected chi connectivity index (χ4v) is 3.49.